The third-order valence-electron chi connectivity index (χ3n) is 5.49. The number of nitrogens with zero attached hydrogens (tertiary/aromatic N) is 6. The van der Waals surface area contributed by atoms with E-state index < -0.39 is 11.8 Å². The second-order valence-corrected chi connectivity index (χ2v) is 8.52. The van der Waals surface area contributed by atoms with Crippen molar-refractivity contribution in [2.45, 2.75) is 26.3 Å². The monoisotopic (exact) mass is 456 g/mol. The van der Waals surface area contributed by atoms with Crippen molar-refractivity contribution in [2.24, 2.45) is 7.05 Å². The molecule has 0 aliphatic heterocycles. The molecule has 0 aliphatic carbocycles. The molecule has 0 saturated carbocycles. The molecule has 10 heteroatoms. The van der Waals surface area contributed by atoms with Crippen LogP contribution in [0.2, 0.25) is 0 Å². The molecule has 0 radical (unpaired) electrons. The van der Waals surface area contributed by atoms with Crippen LogP contribution >= 0.6 is 0 Å². The van der Waals surface area contributed by atoms with Gasteiger partial charge < -0.3 is 9.64 Å². The quantitative estimate of drug-likeness (QED) is 0.313. The first-order valence-electron chi connectivity index (χ1n) is 10.7. The van der Waals surface area contributed by atoms with Gasteiger partial charge >= 0.3 is 5.69 Å². The molecule has 4 rings (SSSR count). The van der Waals surface area contributed by atoms with Crippen LogP contribution in [0.15, 0.2) is 29.1 Å². The summed E-state index contributed by atoms with van der Waals surface area (Å²) in [7, 11) is 5.52. The lowest BCUT2D eigenvalue weighted by atomic mass is 10.0. The first-order chi connectivity index (χ1) is 15.7. The van der Waals surface area contributed by atoms with Gasteiger partial charge in [-0.3, -0.25) is 9.13 Å². The normalized spacial score (nSPS) is 11.9. The average molecular weight is 456 g/mol. The second kappa shape index (κ2) is 8.86. The maximum atomic E-state index is 15.0. The minimum atomic E-state index is -0.842. The topological polar surface area (TPSA) is 78.1 Å². The number of halogens is 2. The number of rotatable bonds is 7. The smallest absolute Gasteiger partial charge is 0.330 e. The van der Waals surface area contributed by atoms with Crippen LogP contribution in [0.1, 0.15) is 26.3 Å². The average Bonchev–Trinajstić information content (AvgIpc) is 3.02. The molecule has 0 aliphatic rings. The number of fused-ring (bicyclic) bond motifs is 3. The van der Waals surface area contributed by atoms with Gasteiger partial charge in [-0.1, -0.05) is 0 Å². The molecular weight excluding hydrogens is 430 g/mol. The molecule has 0 saturated heterocycles. The number of pyridine rings is 1. The van der Waals surface area contributed by atoms with Crippen LogP contribution in [0.5, 0.6) is 5.88 Å². The van der Waals surface area contributed by atoms with Crippen molar-refractivity contribution in [3.05, 3.63) is 46.5 Å². The highest BCUT2D eigenvalue weighted by Gasteiger charge is 2.21. The Bertz CT molecular complexity index is 1390. The van der Waals surface area contributed by atoms with Crippen LogP contribution < -0.4 is 10.4 Å². The van der Waals surface area contributed by atoms with E-state index in [0.717, 1.165) is 13.0 Å². The third-order valence-corrected chi connectivity index (χ3v) is 5.49. The number of aromatic nitrogens is 5. The summed E-state index contributed by atoms with van der Waals surface area (Å²) in [6, 6.07) is 5.50. The Kier molecular flexibility index (Phi) is 6.11. The highest BCUT2D eigenvalue weighted by molar-refractivity contribution is 6.02. The van der Waals surface area contributed by atoms with Crippen LogP contribution in [-0.4, -0.2) is 56.5 Å². The van der Waals surface area contributed by atoms with E-state index in [4.69, 9.17) is 4.74 Å². The largest absolute Gasteiger partial charge is 0.478 e. The fraction of sp³-hybridized carbons (Fsp3) is 0.391. The summed E-state index contributed by atoms with van der Waals surface area (Å²) in [6.07, 6.45) is 0.767. The fourth-order valence-electron chi connectivity index (χ4n) is 3.86. The highest BCUT2D eigenvalue weighted by atomic mass is 19.1. The van der Waals surface area contributed by atoms with E-state index in [-0.39, 0.29) is 34.3 Å². The molecule has 1 aromatic carbocycles. The van der Waals surface area contributed by atoms with Crippen LogP contribution in [0, 0.1) is 11.8 Å². The molecule has 4 aromatic rings. The SMILES string of the molecule is CC(C)n1c(=O)n(C)c2nnc3cc(F)c(-c4ccc(OCCCN(C)C)nc4F)cc3c21. The number of aryl methyl sites for hydroxylation is 1. The highest BCUT2D eigenvalue weighted by Crippen LogP contribution is 2.32. The Hall–Kier alpha value is -3.40. The van der Waals surface area contributed by atoms with Gasteiger partial charge in [-0.2, -0.15) is 9.37 Å². The standard InChI is InChI=1S/C23H26F2N6O2/c1-13(2)31-20-16-11-15(17(24)12-18(16)27-28-22(20)30(5)23(31)32)14-7-8-19(26-21(14)25)33-10-6-9-29(3)4/h7-8,11-13H,6,9-10H2,1-5H3. The molecule has 33 heavy (non-hydrogen) atoms. The summed E-state index contributed by atoms with van der Waals surface area (Å²) in [5, 5.41) is 8.69. The lowest BCUT2D eigenvalue weighted by Gasteiger charge is -2.12. The lowest BCUT2D eigenvalue weighted by molar-refractivity contribution is 0.270. The number of imidazole rings is 1. The number of hydrogen-bond acceptors (Lipinski definition) is 6. The number of benzene rings is 1. The summed E-state index contributed by atoms with van der Waals surface area (Å²) in [5.41, 5.74) is 0.938. The Labute approximate surface area is 189 Å². The van der Waals surface area contributed by atoms with Crippen molar-refractivity contribution in [2.75, 3.05) is 27.2 Å². The first kappa shape index (κ1) is 22.8. The Balaban J connectivity index is 1.80. The van der Waals surface area contributed by atoms with E-state index in [1.54, 1.807) is 11.6 Å². The Morgan fingerprint density at radius 1 is 1.12 bits per heavy atom. The molecule has 0 unspecified atom stereocenters. The van der Waals surface area contributed by atoms with Gasteiger partial charge in [0.15, 0.2) is 5.65 Å². The molecule has 3 aromatic heterocycles. The summed E-state index contributed by atoms with van der Waals surface area (Å²) < 4.78 is 38.4. The van der Waals surface area contributed by atoms with E-state index in [0.29, 0.717) is 23.2 Å². The fourth-order valence-corrected chi connectivity index (χ4v) is 3.86. The molecule has 0 N–H and O–H groups in total. The molecule has 3 heterocycles. The van der Waals surface area contributed by atoms with E-state index in [1.165, 1.54) is 28.8 Å². The van der Waals surface area contributed by atoms with Crippen molar-refractivity contribution in [3.8, 4) is 17.0 Å². The van der Waals surface area contributed by atoms with E-state index in [2.05, 4.69) is 15.2 Å². The van der Waals surface area contributed by atoms with Crippen molar-refractivity contribution in [3.63, 3.8) is 0 Å². The van der Waals surface area contributed by atoms with Crippen molar-refractivity contribution in [1.82, 2.24) is 29.2 Å². The Morgan fingerprint density at radius 2 is 1.88 bits per heavy atom. The predicted molar refractivity (Wildman–Crippen MR) is 122 cm³/mol. The van der Waals surface area contributed by atoms with Crippen LogP contribution in [0.25, 0.3) is 33.2 Å². The van der Waals surface area contributed by atoms with Gasteiger partial charge in [-0.05, 0) is 46.5 Å². The number of hydrogen-bond donors (Lipinski definition) is 0. The van der Waals surface area contributed by atoms with Gasteiger partial charge in [0.05, 0.1) is 12.1 Å². The minimum absolute atomic E-state index is 0.00520. The van der Waals surface area contributed by atoms with Crippen LogP contribution in [0.4, 0.5) is 8.78 Å². The maximum absolute atomic E-state index is 15.0. The third kappa shape index (κ3) is 4.18. The first-order valence-corrected chi connectivity index (χ1v) is 10.7. The predicted octanol–water partition coefficient (Wildman–Crippen LogP) is 3.53. The van der Waals surface area contributed by atoms with Gasteiger partial charge in [-0.15, -0.1) is 10.2 Å². The number of ether oxygens (including phenoxy) is 1. The molecule has 0 fully saturated rings. The van der Waals surface area contributed by atoms with Gasteiger partial charge in [0.25, 0.3) is 0 Å². The molecule has 0 atom stereocenters. The molecule has 0 amide bonds. The van der Waals surface area contributed by atoms with Gasteiger partial charge in [0.1, 0.15) is 11.3 Å². The zero-order valence-electron chi connectivity index (χ0n) is 19.3. The Morgan fingerprint density at radius 3 is 2.55 bits per heavy atom. The van der Waals surface area contributed by atoms with Crippen molar-refractivity contribution >= 4 is 22.1 Å². The lowest BCUT2D eigenvalue weighted by Crippen LogP contribution is -2.23. The van der Waals surface area contributed by atoms with E-state index in [9.17, 15) is 13.6 Å². The summed E-state index contributed by atoms with van der Waals surface area (Å²) in [4.78, 5) is 18.6. The second-order valence-electron chi connectivity index (χ2n) is 8.52. The summed E-state index contributed by atoms with van der Waals surface area (Å²) in [6.45, 7) is 4.98. The molecule has 0 spiro atoms. The molecule has 174 valence electrons. The van der Waals surface area contributed by atoms with Crippen molar-refractivity contribution in [1.29, 1.82) is 0 Å². The van der Waals surface area contributed by atoms with Crippen molar-refractivity contribution < 1.29 is 13.5 Å². The van der Waals surface area contributed by atoms with Crippen LogP contribution in [0.3, 0.4) is 0 Å². The zero-order chi connectivity index (χ0) is 23.9. The maximum Gasteiger partial charge on any atom is 0.330 e. The summed E-state index contributed by atoms with van der Waals surface area (Å²) >= 11 is 0. The minimum Gasteiger partial charge on any atom is -0.478 e. The van der Waals surface area contributed by atoms with E-state index in [1.807, 2.05) is 32.8 Å². The van der Waals surface area contributed by atoms with Gasteiger partial charge in [0, 0.05) is 48.3 Å². The molecular formula is C23H26F2N6O2. The molecule has 0 bridgehead atoms. The zero-order valence-corrected chi connectivity index (χ0v) is 19.3. The van der Waals surface area contributed by atoms with Crippen LogP contribution in [-0.2, 0) is 7.05 Å². The van der Waals surface area contributed by atoms with E-state index >= 15 is 0 Å². The van der Waals surface area contributed by atoms with Gasteiger partial charge in [-0.25, -0.2) is 9.18 Å². The molecule has 8 nitrogen and oxygen atoms in total. The summed E-state index contributed by atoms with van der Waals surface area (Å²) in [5.74, 6) is -1.36. The van der Waals surface area contributed by atoms with Gasteiger partial charge in [0.2, 0.25) is 11.8 Å².